The summed E-state index contributed by atoms with van der Waals surface area (Å²) >= 11 is 0. The molecule has 1 N–H and O–H groups in total. The maximum absolute atomic E-state index is 12.5. The quantitative estimate of drug-likeness (QED) is 0.499. The second-order valence-electron chi connectivity index (χ2n) is 7.92. The Morgan fingerprint density at radius 3 is 2.79 bits per heavy atom. The Kier molecular flexibility index (Phi) is 8.34. The Labute approximate surface area is 199 Å². The highest BCUT2D eigenvalue weighted by atomic mass is 32.2. The summed E-state index contributed by atoms with van der Waals surface area (Å²) in [6.07, 6.45) is 5.48. The Morgan fingerprint density at radius 2 is 2.03 bits per heavy atom. The number of alkyl halides is 1. The van der Waals surface area contributed by atoms with Crippen molar-refractivity contribution >= 4 is 37.8 Å². The largest absolute Gasteiger partial charge is 0.468 e. The molecule has 3 aromatic rings. The summed E-state index contributed by atoms with van der Waals surface area (Å²) in [5.41, 5.74) is 2.76. The van der Waals surface area contributed by atoms with Gasteiger partial charge >= 0.3 is 0 Å². The number of hydrogen-bond donors (Lipinski definition) is 1. The molecule has 0 spiro atoms. The van der Waals surface area contributed by atoms with E-state index in [1.165, 1.54) is 6.33 Å². The lowest BCUT2D eigenvalue weighted by molar-refractivity contribution is -0.00636. The minimum atomic E-state index is -2.30. The monoisotopic (exact) mass is 491 g/mol. The van der Waals surface area contributed by atoms with E-state index in [-0.39, 0.29) is 20.1 Å². The van der Waals surface area contributed by atoms with Crippen LogP contribution < -0.4 is 10.1 Å². The molecule has 2 aromatic heterocycles. The van der Waals surface area contributed by atoms with Gasteiger partial charge in [0.15, 0.2) is 6.10 Å². The van der Waals surface area contributed by atoms with Crippen LogP contribution in [-0.2, 0) is 19.2 Å². The van der Waals surface area contributed by atoms with Crippen molar-refractivity contribution in [1.29, 1.82) is 0 Å². The molecule has 0 radical (unpaired) electrons. The van der Waals surface area contributed by atoms with Gasteiger partial charge in [-0.2, -0.15) is 4.36 Å². The van der Waals surface area contributed by atoms with Gasteiger partial charge in [0.2, 0.25) is 5.88 Å². The fourth-order valence-electron chi connectivity index (χ4n) is 3.60. The van der Waals surface area contributed by atoms with Gasteiger partial charge in [-0.3, -0.25) is 0 Å². The third-order valence-electron chi connectivity index (χ3n) is 4.92. The number of ether oxygens (including phenoxy) is 3. The molecule has 0 saturated carbocycles. The summed E-state index contributed by atoms with van der Waals surface area (Å²) in [5.74, 6) is 0.929. The van der Waals surface area contributed by atoms with Gasteiger partial charge in [-0.15, -0.1) is 0 Å². The van der Waals surface area contributed by atoms with Crippen LogP contribution in [0.1, 0.15) is 13.0 Å². The number of pyridine rings is 1. The molecule has 4 rings (SSSR count). The van der Waals surface area contributed by atoms with Gasteiger partial charge in [0.05, 0.1) is 31.0 Å². The summed E-state index contributed by atoms with van der Waals surface area (Å²) in [6.45, 7) is 2.01. The van der Waals surface area contributed by atoms with E-state index < -0.39 is 22.5 Å². The van der Waals surface area contributed by atoms with Crippen LogP contribution in [0.5, 0.6) is 5.88 Å². The van der Waals surface area contributed by atoms with Crippen LogP contribution in [0.15, 0.2) is 41.2 Å². The summed E-state index contributed by atoms with van der Waals surface area (Å²) in [4.78, 5) is 13.1. The highest BCUT2D eigenvalue weighted by Crippen LogP contribution is 2.33. The second kappa shape index (κ2) is 11.0. The molecule has 0 amide bonds. The smallest absolute Gasteiger partial charge is 0.238 e. The van der Waals surface area contributed by atoms with Crippen LogP contribution >= 0.6 is 0 Å². The van der Waals surface area contributed by atoms with E-state index in [1.807, 2.05) is 19.1 Å². The van der Waals surface area contributed by atoms with Crippen molar-refractivity contribution < 1.29 is 22.8 Å². The molecule has 11 heteroatoms. The standard InChI is InChI=1S/C22H26FN5O4S.CH4/c1-14-9-15(28-33(2,3)29)10-17-20(14)21(26-13-25-17)27-16-5-4-7-24-22(16)32-19-12-30-11-18(19)31-8-6-23;/h4-5,7,9-10,13,18-19H,6,8,11-12H2,1-3H3,(H,25,26,27);1H4/t18-,19+;/m1./s1. The van der Waals surface area contributed by atoms with E-state index in [0.717, 1.165) is 10.9 Å². The maximum atomic E-state index is 12.5. The van der Waals surface area contributed by atoms with Crippen molar-refractivity contribution in [3.05, 3.63) is 42.4 Å². The topological polar surface area (TPSA) is 108 Å². The first-order chi connectivity index (χ1) is 15.8. The number of fused-ring (bicyclic) bond motifs is 1. The molecular weight excluding hydrogens is 461 g/mol. The molecule has 0 aliphatic carbocycles. The van der Waals surface area contributed by atoms with Gasteiger partial charge in [0.25, 0.3) is 0 Å². The number of halogens is 1. The second-order valence-corrected chi connectivity index (χ2v) is 10.5. The third-order valence-corrected chi connectivity index (χ3v) is 5.57. The van der Waals surface area contributed by atoms with E-state index in [1.54, 1.807) is 30.8 Å². The molecule has 3 heterocycles. The Balaban J connectivity index is 0.00000324. The van der Waals surface area contributed by atoms with Crippen molar-refractivity contribution in [2.45, 2.75) is 26.6 Å². The number of aryl methyl sites for hydroxylation is 1. The number of hydrogen-bond acceptors (Lipinski definition) is 9. The molecule has 1 aromatic carbocycles. The lowest BCUT2D eigenvalue weighted by Gasteiger charge is -2.20. The van der Waals surface area contributed by atoms with Crippen LogP contribution in [0.25, 0.3) is 10.9 Å². The van der Waals surface area contributed by atoms with Crippen LogP contribution in [0.3, 0.4) is 0 Å². The van der Waals surface area contributed by atoms with Crippen molar-refractivity contribution in [2.24, 2.45) is 4.36 Å². The normalized spacial score (nSPS) is 17.9. The molecule has 1 aliphatic heterocycles. The number of rotatable bonds is 8. The van der Waals surface area contributed by atoms with E-state index in [9.17, 15) is 8.60 Å². The maximum Gasteiger partial charge on any atom is 0.238 e. The van der Waals surface area contributed by atoms with Gasteiger partial charge in [0.1, 0.15) is 30.6 Å². The van der Waals surface area contributed by atoms with Gasteiger partial charge in [-0.1, -0.05) is 7.43 Å². The van der Waals surface area contributed by atoms with Crippen LogP contribution in [0.4, 0.5) is 21.6 Å². The first-order valence-corrected chi connectivity index (χ1v) is 12.7. The zero-order valence-electron chi connectivity index (χ0n) is 18.7. The van der Waals surface area contributed by atoms with Crippen LogP contribution in [0, 0.1) is 6.92 Å². The van der Waals surface area contributed by atoms with Crippen LogP contribution in [-0.4, -0.2) is 70.4 Å². The summed E-state index contributed by atoms with van der Waals surface area (Å²) in [5, 5.41) is 4.09. The molecule has 184 valence electrons. The lowest BCUT2D eigenvalue weighted by atomic mass is 10.1. The highest BCUT2D eigenvalue weighted by Gasteiger charge is 2.32. The van der Waals surface area contributed by atoms with Gasteiger partial charge < -0.3 is 19.5 Å². The molecule has 0 bridgehead atoms. The van der Waals surface area contributed by atoms with Gasteiger partial charge in [-0.05, 0) is 36.8 Å². The molecule has 1 aliphatic rings. The summed E-state index contributed by atoms with van der Waals surface area (Å²) in [7, 11) is -2.30. The number of anilines is 2. The average Bonchev–Trinajstić information content (AvgIpc) is 3.19. The first-order valence-electron chi connectivity index (χ1n) is 10.4. The molecule has 1 fully saturated rings. The summed E-state index contributed by atoms with van der Waals surface area (Å²) in [6, 6.07) is 7.24. The van der Waals surface area contributed by atoms with E-state index in [0.29, 0.717) is 41.8 Å². The van der Waals surface area contributed by atoms with E-state index >= 15 is 0 Å². The SMILES string of the molecule is C.Cc1cc(N=S(C)(C)=O)cc2ncnc(Nc3cccnc3O[C@H]3COC[C@H]3OCCF)c12. The average molecular weight is 492 g/mol. The Morgan fingerprint density at radius 1 is 1.24 bits per heavy atom. The van der Waals surface area contributed by atoms with E-state index in [2.05, 4.69) is 24.6 Å². The minimum absolute atomic E-state index is 0. The lowest BCUT2D eigenvalue weighted by Crippen LogP contribution is -2.33. The zero-order valence-corrected chi connectivity index (χ0v) is 19.5. The zero-order chi connectivity index (χ0) is 23.4. The fourth-order valence-corrected chi connectivity index (χ4v) is 4.21. The molecular formula is C23H30FN5O4S. The van der Waals surface area contributed by atoms with Crippen molar-refractivity contribution in [3.63, 3.8) is 0 Å². The Bertz CT molecular complexity index is 1260. The number of benzene rings is 1. The van der Waals surface area contributed by atoms with Crippen molar-refractivity contribution in [1.82, 2.24) is 15.0 Å². The number of nitrogens with one attached hydrogen (secondary N) is 1. The van der Waals surface area contributed by atoms with Crippen LogP contribution in [0.2, 0.25) is 0 Å². The molecule has 2 atom stereocenters. The highest BCUT2D eigenvalue weighted by molar-refractivity contribution is 7.92. The predicted octanol–water partition coefficient (Wildman–Crippen LogP) is 4.20. The molecule has 1 saturated heterocycles. The summed E-state index contributed by atoms with van der Waals surface area (Å²) < 4.78 is 45.9. The van der Waals surface area contributed by atoms with Crippen molar-refractivity contribution in [3.8, 4) is 5.88 Å². The number of aromatic nitrogens is 3. The fraction of sp³-hybridized carbons (Fsp3) is 0.435. The van der Waals surface area contributed by atoms with Gasteiger partial charge in [-0.25, -0.2) is 23.6 Å². The molecule has 34 heavy (non-hydrogen) atoms. The predicted molar refractivity (Wildman–Crippen MR) is 132 cm³/mol. The Hall–Kier alpha value is -2.89. The molecule has 0 unspecified atom stereocenters. The third kappa shape index (κ3) is 6.16. The number of nitrogens with zero attached hydrogens (tertiary/aromatic N) is 4. The van der Waals surface area contributed by atoms with Crippen molar-refractivity contribution in [2.75, 3.05) is 44.3 Å². The first kappa shape index (κ1) is 25.7. The van der Waals surface area contributed by atoms with E-state index in [4.69, 9.17) is 14.2 Å². The minimum Gasteiger partial charge on any atom is -0.468 e. The molecule has 9 nitrogen and oxygen atoms in total. The van der Waals surface area contributed by atoms with Gasteiger partial charge in [0, 0.05) is 33.8 Å².